The summed E-state index contributed by atoms with van der Waals surface area (Å²) in [6.45, 7) is 6.81. The maximum atomic E-state index is 13.7. The van der Waals surface area contributed by atoms with Crippen LogP contribution in [0.1, 0.15) is 58.1 Å². The van der Waals surface area contributed by atoms with Crippen molar-refractivity contribution in [1.29, 1.82) is 0 Å². The Morgan fingerprint density at radius 2 is 1.77 bits per heavy atom. The Balaban J connectivity index is 1.84. The molecule has 0 saturated heterocycles. The topological polar surface area (TPSA) is 116 Å². The standard InChI is InChI=1S/C24H30F3N5O3/c1-13(2)29-20(33)16-6-5-7-18(16)31-19-17(24(25,26)27)12-28-22(32-19)30-15-10-8-14(9-11-15)23(3,4)21(34)35/h8-13,16,18H,5-7H2,1-4H3,(H,29,33)(H,34,35)(H2,28,30,31,32)/t16-,18-/m0/s1. The highest BCUT2D eigenvalue weighted by molar-refractivity contribution is 5.81. The maximum Gasteiger partial charge on any atom is 0.421 e. The number of benzene rings is 1. The Morgan fingerprint density at radius 3 is 2.34 bits per heavy atom. The first kappa shape index (κ1) is 26.2. The third-order valence-corrected chi connectivity index (χ3v) is 6.10. The van der Waals surface area contributed by atoms with Gasteiger partial charge in [-0.1, -0.05) is 18.6 Å². The highest BCUT2D eigenvalue weighted by Gasteiger charge is 2.39. The smallest absolute Gasteiger partial charge is 0.421 e. The summed E-state index contributed by atoms with van der Waals surface area (Å²) in [6, 6.07) is 5.90. The summed E-state index contributed by atoms with van der Waals surface area (Å²) < 4.78 is 41.0. The lowest BCUT2D eigenvalue weighted by molar-refractivity contribution is -0.142. The minimum absolute atomic E-state index is 0.0630. The third-order valence-electron chi connectivity index (χ3n) is 6.10. The van der Waals surface area contributed by atoms with E-state index in [-0.39, 0.29) is 17.9 Å². The number of aromatic nitrogens is 2. The molecule has 0 unspecified atom stereocenters. The zero-order valence-corrected chi connectivity index (χ0v) is 20.0. The van der Waals surface area contributed by atoms with E-state index in [1.54, 1.807) is 38.1 Å². The molecule has 4 N–H and O–H groups in total. The summed E-state index contributed by atoms with van der Waals surface area (Å²) in [7, 11) is 0. The van der Waals surface area contributed by atoms with Gasteiger partial charge in [0, 0.05) is 24.0 Å². The molecule has 0 aliphatic heterocycles. The van der Waals surface area contributed by atoms with E-state index in [1.165, 1.54) is 0 Å². The van der Waals surface area contributed by atoms with Crippen LogP contribution in [0.5, 0.6) is 0 Å². The lowest BCUT2D eigenvalue weighted by Crippen LogP contribution is -2.41. The zero-order chi connectivity index (χ0) is 26.0. The predicted octanol–water partition coefficient (Wildman–Crippen LogP) is 4.71. The Labute approximate surface area is 201 Å². The number of aliphatic carboxylic acids is 1. The molecule has 1 aromatic heterocycles. The number of carbonyl (C=O) groups is 2. The predicted molar refractivity (Wildman–Crippen MR) is 125 cm³/mol. The number of carboxylic acids is 1. The Kier molecular flexibility index (Phi) is 7.56. The van der Waals surface area contributed by atoms with E-state index in [1.807, 2.05) is 13.8 Å². The SMILES string of the molecule is CC(C)NC(=O)[C@H]1CCC[C@@H]1Nc1nc(Nc2ccc(C(C)(C)C(=O)O)cc2)ncc1C(F)(F)F. The Bertz CT molecular complexity index is 1070. The summed E-state index contributed by atoms with van der Waals surface area (Å²) in [5.41, 5.74) is -1.06. The molecule has 8 nitrogen and oxygen atoms in total. The second-order valence-corrected chi connectivity index (χ2v) is 9.54. The third kappa shape index (κ3) is 6.20. The van der Waals surface area contributed by atoms with Crippen molar-refractivity contribution in [1.82, 2.24) is 15.3 Å². The van der Waals surface area contributed by atoms with Crippen molar-refractivity contribution in [3.05, 3.63) is 41.6 Å². The Morgan fingerprint density at radius 1 is 1.11 bits per heavy atom. The molecule has 1 aliphatic carbocycles. The van der Waals surface area contributed by atoms with Crippen LogP contribution in [-0.4, -0.2) is 39.0 Å². The van der Waals surface area contributed by atoms with E-state index in [2.05, 4.69) is 25.9 Å². The number of rotatable bonds is 8. The summed E-state index contributed by atoms with van der Waals surface area (Å²) in [6.07, 6.45) is -2.14. The van der Waals surface area contributed by atoms with Crippen molar-refractivity contribution in [3.8, 4) is 0 Å². The van der Waals surface area contributed by atoms with Crippen molar-refractivity contribution in [3.63, 3.8) is 0 Å². The molecular weight excluding hydrogens is 463 g/mol. The summed E-state index contributed by atoms with van der Waals surface area (Å²) >= 11 is 0. The van der Waals surface area contributed by atoms with Crippen LogP contribution in [0.2, 0.25) is 0 Å². The van der Waals surface area contributed by atoms with E-state index in [0.29, 0.717) is 36.7 Å². The largest absolute Gasteiger partial charge is 0.481 e. The number of nitrogens with zero attached hydrogens (tertiary/aromatic N) is 2. The van der Waals surface area contributed by atoms with Crippen molar-refractivity contribution in [2.75, 3.05) is 10.6 Å². The second-order valence-electron chi connectivity index (χ2n) is 9.54. The lowest BCUT2D eigenvalue weighted by atomic mass is 9.85. The number of amides is 1. The molecule has 1 heterocycles. The first-order valence-electron chi connectivity index (χ1n) is 11.4. The number of halogens is 3. The highest BCUT2D eigenvalue weighted by atomic mass is 19.4. The number of nitrogens with one attached hydrogen (secondary N) is 3. The van der Waals surface area contributed by atoms with Crippen LogP contribution in [-0.2, 0) is 21.2 Å². The van der Waals surface area contributed by atoms with Gasteiger partial charge in [0.2, 0.25) is 11.9 Å². The van der Waals surface area contributed by atoms with Crippen LogP contribution < -0.4 is 16.0 Å². The van der Waals surface area contributed by atoms with Crippen LogP contribution >= 0.6 is 0 Å². The number of alkyl halides is 3. The maximum absolute atomic E-state index is 13.7. The fourth-order valence-electron chi connectivity index (χ4n) is 4.00. The molecule has 11 heteroatoms. The zero-order valence-electron chi connectivity index (χ0n) is 20.0. The van der Waals surface area contributed by atoms with Gasteiger partial charge in [0.05, 0.1) is 11.3 Å². The number of anilines is 3. The van der Waals surface area contributed by atoms with Gasteiger partial charge in [0.1, 0.15) is 11.4 Å². The van der Waals surface area contributed by atoms with Gasteiger partial charge in [-0.05, 0) is 58.2 Å². The van der Waals surface area contributed by atoms with Gasteiger partial charge in [-0.25, -0.2) is 4.98 Å². The summed E-state index contributed by atoms with van der Waals surface area (Å²) in [5.74, 6) is -2.09. The minimum Gasteiger partial charge on any atom is -0.481 e. The fraction of sp³-hybridized carbons (Fsp3) is 0.500. The first-order chi connectivity index (χ1) is 16.3. The van der Waals surface area contributed by atoms with Crippen LogP contribution in [0.3, 0.4) is 0 Å². The van der Waals surface area contributed by atoms with Crippen molar-refractivity contribution in [2.45, 2.75) is 70.6 Å². The van der Waals surface area contributed by atoms with Crippen LogP contribution in [0, 0.1) is 5.92 Å². The number of hydrogen-bond donors (Lipinski definition) is 4. The molecule has 1 aliphatic rings. The molecule has 1 fully saturated rings. The fourth-order valence-corrected chi connectivity index (χ4v) is 4.00. The van der Waals surface area contributed by atoms with Gasteiger partial charge in [-0.2, -0.15) is 18.2 Å². The van der Waals surface area contributed by atoms with E-state index < -0.39 is 40.9 Å². The molecule has 190 valence electrons. The van der Waals surface area contributed by atoms with Gasteiger partial charge in [0.25, 0.3) is 0 Å². The monoisotopic (exact) mass is 493 g/mol. The number of carboxylic acid groups (broad SMARTS) is 1. The Hall–Kier alpha value is -3.37. The molecule has 35 heavy (non-hydrogen) atoms. The van der Waals surface area contributed by atoms with Gasteiger partial charge < -0.3 is 21.1 Å². The van der Waals surface area contributed by atoms with E-state index in [4.69, 9.17) is 0 Å². The van der Waals surface area contributed by atoms with Gasteiger partial charge in [0.15, 0.2) is 0 Å². The summed E-state index contributed by atoms with van der Waals surface area (Å²) in [4.78, 5) is 31.9. The molecular formula is C24H30F3N5O3. The van der Waals surface area contributed by atoms with Crippen molar-refractivity contribution in [2.24, 2.45) is 5.92 Å². The van der Waals surface area contributed by atoms with E-state index >= 15 is 0 Å². The normalized spacial score (nSPS) is 18.4. The van der Waals surface area contributed by atoms with Crippen LogP contribution in [0.4, 0.5) is 30.6 Å². The number of carbonyl (C=O) groups excluding carboxylic acids is 1. The van der Waals surface area contributed by atoms with Crippen LogP contribution in [0.15, 0.2) is 30.5 Å². The van der Waals surface area contributed by atoms with E-state index in [0.717, 1.165) is 0 Å². The van der Waals surface area contributed by atoms with Crippen molar-refractivity contribution >= 4 is 29.3 Å². The van der Waals surface area contributed by atoms with Gasteiger partial charge in [-0.15, -0.1) is 0 Å². The van der Waals surface area contributed by atoms with E-state index in [9.17, 15) is 27.9 Å². The molecule has 3 rings (SSSR count). The first-order valence-corrected chi connectivity index (χ1v) is 11.4. The number of hydrogen-bond acceptors (Lipinski definition) is 6. The van der Waals surface area contributed by atoms with Crippen molar-refractivity contribution < 1.29 is 27.9 Å². The lowest BCUT2D eigenvalue weighted by Gasteiger charge is -2.24. The molecule has 0 spiro atoms. The van der Waals surface area contributed by atoms with Crippen LogP contribution in [0.25, 0.3) is 0 Å². The molecule has 1 saturated carbocycles. The van der Waals surface area contributed by atoms with Gasteiger partial charge in [-0.3, -0.25) is 9.59 Å². The molecule has 2 atom stereocenters. The molecule has 0 bridgehead atoms. The minimum atomic E-state index is -4.68. The average molecular weight is 494 g/mol. The highest BCUT2D eigenvalue weighted by Crippen LogP contribution is 2.37. The summed E-state index contributed by atoms with van der Waals surface area (Å²) in [5, 5.41) is 17.9. The molecule has 1 aromatic carbocycles. The average Bonchev–Trinajstić information content (AvgIpc) is 3.21. The molecule has 0 radical (unpaired) electrons. The molecule has 1 amide bonds. The molecule has 2 aromatic rings. The second kappa shape index (κ2) is 10.1. The van der Waals surface area contributed by atoms with Gasteiger partial charge >= 0.3 is 12.1 Å². The quantitative estimate of drug-likeness (QED) is 0.421.